The molecular weight excluding hydrogens is 275 g/mol. The molecule has 106 valence electrons. The van der Waals surface area contributed by atoms with Crippen molar-refractivity contribution >= 4 is 5.97 Å². The van der Waals surface area contributed by atoms with Crippen molar-refractivity contribution in [2.24, 2.45) is 0 Å². The molecule has 0 saturated heterocycles. The van der Waals surface area contributed by atoms with Crippen molar-refractivity contribution in [2.45, 2.75) is 13.5 Å². The maximum absolute atomic E-state index is 13.6. The minimum atomic E-state index is -1.22. The Balaban J connectivity index is 2.25. The molecule has 5 nitrogen and oxygen atoms in total. The molecule has 1 N–H and O–H groups in total. The monoisotopic (exact) mass is 286 g/mol. The van der Waals surface area contributed by atoms with E-state index in [1.165, 1.54) is 24.3 Å². The Labute approximate surface area is 120 Å². The first-order chi connectivity index (χ1) is 10.0. The standard InChI is InChI=1S/C15H11FN2O3/c1-9-2-5-13(14(18-9)15(19)20)21-8-11-6-10(7-17)3-4-12(11)16/h2-6H,8H2,1H3,(H,19,20). The lowest BCUT2D eigenvalue weighted by Gasteiger charge is -2.10. The molecule has 1 aromatic carbocycles. The molecule has 2 rings (SSSR count). The first kappa shape index (κ1) is 14.5. The number of carboxylic acid groups (broad SMARTS) is 1. The van der Waals surface area contributed by atoms with Gasteiger partial charge in [-0.15, -0.1) is 0 Å². The van der Waals surface area contributed by atoms with Crippen LogP contribution in [0.4, 0.5) is 4.39 Å². The van der Waals surface area contributed by atoms with Crippen LogP contribution in [0.15, 0.2) is 30.3 Å². The van der Waals surface area contributed by atoms with E-state index in [9.17, 15) is 9.18 Å². The van der Waals surface area contributed by atoms with Gasteiger partial charge < -0.3 is 9.84 Å². The molecule has 0 fully saturated rings. The fraction of sp³-hybridized carbons (Fsp3) is 0.133. The van der Waals surface area contributed by atoms with Crippen molar-refractivity contribution < 1.29 is 19.0 Å². The van der Waals surface area contributed by atoms with Crippen LogP contribution in [0.2, 0.25) is 0 Å². The predicted octanol–water partition coefficient (Wildman–Crippen LogP) is 2.68. The molecule has 0 bridgehead atoms. The summed E-state index contributed by atoms with van der Waals surface area (Å²) in [6.07, 6.45) is 0. The van der Waals surface area contributed by atoms with Crippen LogP contribution < -0.4 is 4.74 Å². The zero-order chi connectivity index (χ0) is 15.4. The number of carbonyl (C=O) groups is 1. The summed E-state index contributed by atoms with van der Waals surface area (Å²) < 4.78 is 18.9. The Morgan fingerprint density at radius 3 is 2.86 bits per heavy atom. The highest BCUT2D eigenvalue weighted by Crippen LogP contribution is 2.20. The number of ether oxygens (including phenoxy) is 1. The molecule has 0 spiro atoms. The molecule has 0 amide bonds. The van der Waals surface area contributed by atoms with Crippen molar-refractivity contribution in [3.8, 4) is 11.8 Å². The first-order valence-corrected chi connectivity index (χ1v) is 6.03. The van der Waals surface area contributed by atoms with Crippen LogP contribution in [-0.4, -0.2) is 16.1 Å². The Bertz CT molecular complexity index is 738. The fourth-order valence-electron chi connectivity index (χ4n) is 1.72. The van der Waals surface area contributed by atoms with Crippen LogP contribution in [0.5, 0.6) is 5.75 Å². The number of rotatable bonds is 4. The highest BCUT2D eigenvalue weighted by molar-refractivity contribution is 5.88. The van der Waals surface area contributed by atoms with E-state index >= 15 is 0 Å². The van der Waals surface area contributed by atoms with Gasteiger partial charge in [0.15, 0.2) is 11.4 Å². The van der Waals surface area contributed by atoms with Gasteiger partial charge in [-0.2, -0.15) is 5.26 Å². The lowest BCUT2D eigenvalue weighted by atomic mass is 10.1. The number of benzene rings is 1. The SMILES string of the molecule is Cc1ccc(OCc2cc(C#N)ccc2F)c(C(=O)O)n1. The van der Waals surface area contributed by atoms with Crippen molar-refractivity contribution in [3.63, 3.8) is 0 Å². The lowest BCUT2D eigenvalue weighted by Crippen LogP contribution is -2.07. The van der Waals surface area contributed by atoms with Gasteiger partial charge in [0.2, 0.25) is 0 Å². The molecular formula is C15H11FN2O3. The number of aryl methyl sites for hydroxylation is 1. The summed E-state index contributed by atoms with van der Waals surface area (Å²) in [4.78, 5) is 15.0. The van der Waals surface area contributed by atoms with E-state index in [0.717, 1.165) is 0 Å². The second-order valence-electron chi connectivity index (χ2n) is 4.31. The summed E-state index contributed by atoms with van der Waals surface area (Å²) in [5.41, 5.74) is 0.783. The number of aromatic carboxylic acids is 1. The number of hydrogen-bond acceptors (Lipinski definition) is 4. The van der Waals surface area contributed by atoms with Gasteiger partial charge in [0.25, 0.3) is 0 Å². The van der Waals surface area contributed by atoms with Crippen LogP contribution >= 0.6 is 0 Å². The first-order valence-electron chi connectivity index (χ1n) is 6.03. The molecule has 0 aliphatic rings. The topological polar surface area (TPSA) is 83.2 Å². The minimum Gasteiger partial charge on any atom is -0.486 e. The third kappa shape index (κ3) is 3.34. The fourth-order valence-corrected chi connectivity index (χ4v) is 1.72. The van der Waals surface area contributed by atoms with Gasteiger partial charge in [-0.05, 0) is 37.3 Å². The van der Waals surface area contributed by atoms with E-state index in [2.05, 4.69) is 4.98 Å². The third-order valence-electron chi connectivity index (χ3n) is 2.76. The summed E-state index contributed by atoms with van der Waals surface area (Å²) >= 11 is 0. The van der Waals surface area contributed by atoms with Crippen molar-refractivity contribution in [1.29, 1.82) is 5.26 Å². The Morgan fingerprint density at radius 1 is 1.43 bits per heavy atom. The van der Waals surface area contributed by atoms with Crippen LogP contribution in [0, 0.1) is 24.1 Å². The van der Waals surface area contributed by atoms with Crippen LogP contribution in [0.3, 0.4) is 0 Å². The van der Waals surface area contributed by atoms with Crippen LogP contribution in [0.1, 0.15) is 27.3 Å². The summed E-state index contributed by atoms with van der Waals surface area (Å²) in [6.45, 7) is 1.47. The largest absolute Gasteiger partial charge is 0.486 e. The molecule has 0 unspecified atom stereocenters. The maximum atomic E-state index is 13.6. The van der Waals surface area contributed by atoms with Gasteiger partial charge >= 0.3 is 5.97 Å². The van der Waals surface area contributed by atoms with E-state index in [4.69, 9.17) is 15.1 Å². The number of halogens is 1. The Kier molecular flexibility index (Phi) is 4.14. The highest BCUT2D eigenvalue weighted by atomic mass is 19.1. The second kappa shape index (κ2) is 6.01. The summed E-state index contributed by atoms with van der Waals surface area (Å²) in [7, 11) is 0. The van der Waals surface area contributed by atoms with E-state index < -0.39 is 11.8 Å². The number of nitriles is 1. The van der Waals surface area contributed by atoms with Crippen molar-refractivity contribution in [3.05, 3.63) is 58.7 Å². The zero-order valence-electron chi connectivity index (χ0n) is 11.1. The molecule has 21 heavy (non-hydrogen) atoms. The van der Waals surface area contributed by atoms with Crippen molar-refractivity contribution in [2.75, 3.05) is 0 Å². The normalized spacial score (nSPS) is 9.95. The van der Waals surface area contributed by atoms with E-state index in [0.29, 0.717) is 11.3 Å². The smallest absolute Gasteiger partial charge is 0.358 e. The lowest BCUT2D eigenvalue weighted by molar-refractivity contribution is 0.0684. The molecule has 0 atom stereocenters. The van der Waals surface area contributed by atoms with E-state index in [1.54, 1.807) is 13.0 Å². The van der Waals surface area contributed by atoms with Gasteiger partial charge in [0.05, 0.1) is 11.6 Å². The van der Waals surface area contributed by atoms with E-state index in [1.807, 2.05) is 6.07 Å². The van der Waals surface area contributed by atoms with Gasteiger partial charge in [-0.1, -0.05) is 0 Å². The second-order valence-corrected chi connectivity index (χ2v) is 4.31. The number of carboxylic acids is 1. The molecule has 1 heterocycles. The summed E-state index contributed by atoms with van der Waals surface area (Å²) in [5, 5.41) is 17.8. The molecule has 2 aromatic rings. The predicted molar refractivity (Wildman–Crippen MR) is 71.4 cm³/mol. The van der Waals surface area contributed by atoms with Crippen molar-refractivity contribution in [1.82, 2.24) is 4.98 Å². The van der Waals surface area contributed by atoms with Gasteiger partial charge in [-0.25, -0.2) is 14.2 Å². The number of pyridine rings is 1. The number of nitrogens with zero attached hydrogens (tertiary/aromatic N) is 2. The van der Waals surface area contributed by atoms with Gasteiger partial charge in [0.1, 0.15) is 12.4 Å². The summed E-state index contributed by atoms with van der Waals surface area (Å²) in [6, 6.07) is 8.86. The molecule has 6 heteroatoms. The Morgan fingerprint density at radius 2 is 2.19 bits per heavy atom. The van der Waals surface area contributed by atoms with Crippen LogP contribution in [-0.2, 0) is 6.61 Å². The maximum Gasteiger partial charge on any atom is 0.358 e. The minimum absolute atomic E-state index is 0.0508. The van der Waals surface area contributed by atoms with Crippen LogP contribution in [0.25, 0.3) is 0 Å². The highest BCUT2D eigenvalue weighted by Gasteiger charge is 2.14. The molecule has 0 aliphatic heterocycles. The third-order valence-corrected chi connectivity index (χ3v) is 2.76. The number of hydrogen-bond donors (Lipinski definition) is 1. The molecule has 1 aromatic heterocycles. The van der Waals surface area contributed by atoms with Gasteiger partial charge in [0, 0.05) is 11.3 Å². The number of aromatic nitrogens is 1. The molecule has 0 saturated carbocycles. The quantitative estimate of drug-likeness (QED) is 0.934. The van der Waals surface area contributed by atoms with E-state index in [-0.39, 0.29) is 23.6 Å². The zero-order valence-corrected chi connectivity index (χ0v) is 11.1. The summed E-state index contributed by atoms with van der Waals surface area (Å²) in [5.74, 6) is -1.69. The van der Waals surface area contributed by atoms with Gasteiger partial charge in [-0.3, -0.25) is 0 Å². The average molecular weight is 286 g/mol. The Hall–Kier alpha value is -2.94. The molecule has 0 aliphatic carbocycles. The average Bonchev–Trinajstić information content (AvgIpc) is 2.47. The molecule has 0 radical (unpaired) electrons.